The molecule has 0 bridgehead atoms. The molecule has 1 saturated heterocycles. The molecule has 12 radical (unpaired) electrons. The van der Waals surface area contributed by atoms with Crippen LogP contribution in [0, 0.1) is 0 Å². The lowest BCUT2D eigenvalue weighted by Gasteiger charge is -2.23. The molecule has 18 heteroatoms. The topological polar surface area (TPSA) is 108 Å². The fourth-order valence-electron chi connectivity index (χ4n) is 1.86. The lowest BCUT2D eigenvalue weighted by Crippen LogP contribution is -2.62. The van der Waals surface area contributed by atoms with Gasteiger partial charge in [0.1, 0.15) is 6.10 Å². The number of hydrogen-bond donors (Lipinski definition) is 0. The first kappa shape index (κ1) is 34.5. The van der Waals surface area contributed by atoms with Crippen LogP contribution in [0.4, 0.5) is 0 Å². The molecular weight excluding hydrogens is 428 g/mol. The van der Waals surface area contributed by atoms with Crippen molar-refractivity contribution in [1.29, 1.82) is 0 Å². The number of cyclic esters (lactones) is 2. The van der Waals surface area contributed by atoms with Gasteiger partial charge in [0.25, 0.3) is 0 Å². The standard InChI is InChI=1S/C9H14O4.C4H2O3.C3H6O.B10/c1-7(10)4-5-9(11)13-8(2)6-12-3;5-3-1-2-4(6)7-3;1-3-2-4-3;1-7(2)10(8(3)4)9(5)6/h4-5,8H,6H2,1-3H3;1-2H;3H,2H2,1H3;/b5-4-;;;. The minimum Gasteiger partial charge on any atom is -0.457 e. The van der Waals surface area contributed by atoms with Crippen molar-refractivity contribution in [3.63, 3.8) is 0 Å². The summed E-state index contributed by atoms with van der Waals surface area (Å²) >= 11 is 0. The minimum absolute atomic E-state index is 0.184. The van der Waals surface area contributed by atoms with Gasteiger partial charge in [-0.3, -0.25) is 4.79 Å². The van der Waals surface area contributed by atoms with Gasteiger partial charge in [0, 0.05) is 97.3 Å². The van der Waals surface area contributed by atoms with E-state index in [0.717, 1.165) is 24.8 Å². The Morgan fingerprint density at radius 1 is 1.06 bits per heavy atom. The summed E-state index contributed by atoms with van der Waals surface area (Å²) in [5.41, 5.74) is 0. The van der Waals surface area contributed by atoms with E-state index in [-0.39, 0.29) is 11.9 Å². The first-order valence-corrected chi connectivity index (χ1v) is 10.2. The Kier molecular flexibility index (Phi) is 19.9. The minimum atomic E-state index is -0.667. The van der Waals surface area contributed by atoms with E-state index in [1.54, 1.807) is 6.92 Å². The molecular formula is C16H22B10O8. The fraction of sp³-hybridized carbons (Fsp3) is 0.500. The predicted molar refractivity (Wildman–Crippen MR) is 140 cm³/mol. The van der Waals surface area contributed by atoms with Crippen LogP contribution in [-0.4, -0.2) is 128 Å². The van der Waals surface area contributed by atoms with Crippen LogP contribution < -0.4 is 0 Å². The molecule has 2 unspecified atom stereocenters. The van der Waals surface area contributed by atoms with Crippen molar-refractivity contribution in [2.75, 3.05) is 20.3 Å². The van der Waals surface area contributed by atoms with Gasteiger partial charge in [0.15, 0.2) is 5.78 Å². The van der Waals surface area contributed by atoms with E-state index in [1.807, 2.05) is 0 Å². The maximum Gasteiger partial charge on any atom is 0.338 e. The second kappa shape index (κ2) is 19.6. The van der Waals surface area contributed by atoms with Crippen LogP contribution >= 0.6 is 0 Å². The van der Waals surface area contributed by atoms with Crippen molar-refractivity contribution in [3.05, 3.63) is 24.3 Å². The van der Waals surface area contributed by atoms with Crippen molar-refractivity contribution in [3.8, 4) is 0 Å². The monoisotopic (exact) mass is 452 g/mol. The second-order valence-corrected chi connectivity index (χ2v) is 7.17. The average molecular weight is 450 g/mol. The van der Waals surface area contributed by atoms with E-state index < -0.39 is 43.4 Å². The lowest BCUT2D eigenvalue weighted by molar-refractivity contribution is -0.150. The number of methoxy groups -OCH3 is 1. The zero-order chi connectivity index (χ0) is 26.8. The van der Waals surface area contributed by atoms with Gasteiger partial charge in [0.2, 0.25) is 0 Å². The second-order valence-electron chi connectivity index (χ2n) is 7.17. The van der Waals surface area contributed by atoms with Crippen molar-refractivity contribution in [1.82, 2.24) is 0 Å². The number of hydrogen-bond acceptors (Lipinski definition) is 8. The number of ether oxygens (including phenoxy) is 4. The molecule has 164 valence electrons. The van der Waals surface area contributed by atoms with E-state index in [4.69, 9.17) is 60.6 Å². The van der Waals surface area contributed by atoms with Crippen molar-refractivity contribution in [2.45, 2.75) is 33.0 Å². The Bertz CT molecular complexity index is 662. The molecule has 0 aromatic heterocycles. The maximum atomic E-state index is 10.9. The summed E-state index contributed by atoms with van der Waals surface area (Å²) < 4.78 is 18.3. The van der Waals surface area contributed by atoms with Gasteiger partial charge in [0.05, 0.1) is 19.3 Å². The quantitative estimate of drug-likeness (QED) is 0.126. The van der Waals surface area contributed by atoms with Crippen molar-refractivity contribution < 1.29 is 38.1 Å². The summed E-state index contributed by atoms with van der Waals surface area (Å²) in [6.07, 6.45) is 2.29. The molecule has 34 heavy (non-hydrogen) atoms. The summed E-state index contributed by atoms with van der Waals surface area (Å²) in [6, 6.07) is 0. The molecule has 0 spiro atoms. The zero-order valence-corrected chi connectivity index (χ0v) is 19.9. The molecule has 2 rings (SSSR count). The fourth-order valence-corrected chi connectivity index (χ4v) is 1.86. The largest absolute Gasteiger partial charge is 0.457 e. The number of rotatable bonds is 8. The first-order chi connectivity index (χ1) is 15.7. The Hall–Kier alpha value is -1.67. The molecule has 2 heterocycles. The van der Waals surface area contributed by atoms with Gasteiger partial charge < -0.3 is 18.9 Å². The smallest absolute Gasteiger partial charge is 0.338 e. The number of allylic oxidation sites excluding steroid dienone is 1. The Labute approximate surface area is 211 Å². The predicted octanol–water partition coefficient (Wildman–Crippen LogP) is -3.07. The summed E-state index contributed by atoms with van der Waals surface area (Å²) in [4.78, 5) is 41.2. The highest BCUT2D eigenvalue weighted by molar-refractivity contribution is 8.00. The van der Waals surface area contributed by atoms with E-state index in [0.29, 0.717) is 12.7 Å². The van der Waals surface area contributed by atoms with Crippen LogP contribution in [0.25, 0.3) is 0 Å². The maximum absolute atomic E-state index is 10.9. The van der Waals surface area contributed by atoms with Gasteiger partial charge in [-0.1, -0.05) is 0 Å². The third-order valence-corrected chi connectivity index (χ3v) is 3.56. The van der Waals surface area contributed by atoms with Crippen LogP contribution in [0.1, 0.15) is 20.8 Å². The van der Waals surface area contributed by atoms with Crippen molar-refractivity contribution >= 4 is 95.7 Å². The van der Waals surface area contributed by atoms with Crippen molar-refractivity contribution in [2.24, 2.45) is 0 Å². The van der Waals surface area contributed by atoms with Crippen LogP contribution in [0.15, 0.2) is 24.3 Å². The third kappa shape index (κ3) is 22.1. The third-order valence-electron chi connectivity index (χ3n) is 3.56. The van der Waals surface area contributed by atoms with Crippen LogP contribution in [0.5, 0.6) is 0 Å². The summed E-state index contributed by atoms with van der Waals surface area (Å²) in [5.74, 6) is -1.87. The molecule has 0 aromatic carbocycles. The molecule has 0 aromatic rings. The number of epoxide rings is 1. The zero-order valence-electron chi connectivity index (χ0n) is 19.9. The molecule has 2 atom stereocenters. The van der Waals surface area contributed by atoms with E-state index >= 15 is 0 Å². The molecule has 2 aliphatic rings. The van der Waals surface area contributed by atoms with Gasteiger partial charge >= 0.3 is 17.9 Å². The van der Waals surface area contributed by atoms with Crippen LogP contribution in [0.3, 0.4) is 0 Å². The van der Waals surface area contributed by atoms with E-state index in [1.165, 1.54) is 20.1 Å². The number of esters is 3. The summed E-state index contributed by atoms with van der Waals surface area (Å²) in [5, 5.41) is 0. The van der Waals surface area contributed by atoms with Gasteiger partial charge in [-0.15, -0.1) is 0 Å². The van der Waals surface area contributed by atoms with E-state index in [9.17, 15) is 19.2 Å². The first-order valence-electron chi connectivity index (χ1n) is 10.2. The highest BCUT2D eigenvalue weighted by atomic mass is 16.6. The molecule has 0 N–H and O–H groups in total. The Morgan fingerprint density at radius 3 is 1.68 bits per heavy atom. The Balaban J connectivity index is 0. The normalized spacial score (nSPS) is 15.7. The van der Waals surface area contributed by atoms with Gasteiger partial charge in [-0.05, 0) is 26.8 Å². The molecule has 0 saturated carbocycles. The van der Waals surface area contributed by atoms with Crippen LogP contribution in [-0.2, 0) is 38.1 Å². The highest BCUT2D eigenvalue weighted by Gasteiger charge is 2.24. The molecule has 1 fully saturated rings. The molecule has 2 aliphatic heterocycles. The van der Waals surface area contributed by atoms with E-state index in [2.05, 4.69) is 11.7 Å². The molecule has 8 nitrogen and oxygen atoms in total. The summed E-state index contributed by atoms with van der Waals surface area (Å²) in [7, 11) is 33.3. The van der Waals surface area contributed by atoms with Gasteiger partial charge in [-0.2, -0.15) is 0 Å². The number of ketones is 1. The van der Waals surface area contributed by atoms with Gasteiger partial charge in [-0.25, -0.2) is 14.4 Å². The SMILES string of the molecule is CC1CO1.COCC(C)OC(=O)/C=C\C(C)=O.O=C1C=CC(=O)O1.[B]B([B])B(B([B])[B])B([B])[B]. The highest BCUT2D eigenvalue weighted by Crippen LogP contribution is 2.04. The number of carbonyl (C=O) groups is 4. The molecule has 0 aliphatic carbocycles. The van der Waals surface area contributed by atoms with Crippen LogP contribution in [0.2, 0.25) is 0 Å². The Morgan fingerprint density at radius 2 is 1.47 bits per heavy atom. The average Bonchev–Trinajstić information content (AvgIpc) is 3.38. The molecule has 0 amide bonds. The number of carbonyl (C=O) groups excluding carboxylic acids is 4. The lowest BCUT2D eigenvalue weighted by atomic mass is 8.58. The summed E-state index contributed by atoms with van der Waals surface area (Å²) in [6.45, 7) is 6.46.